The number of rotatable bonds is 2. The van der Waals surface area contributed by atoms with E-state index in [1.807, 2.05) is 6.92 Å². The molecular formula is C10H15N3O. The van der Waals surface area contributed by atoms with Crippen LogP contribution in [0.5, 0.6) is 0 Å². The van der Waals surface area contributed by atoms with Gasteiger partial charge in [-0.1, -0.05) is 0 Å². The maximum Gasteiger partial charge on any atom is 0.145 e. The van der Waals surface area contributed by atoms with Crippen LogP contribution < -0.4 is 5.32 Å². The van der Waals surface area contributed by atoms with E-state index < -0.39 is 0 Å². The Hall–Kier alpha value is -1.16. The molecule has 0 unspecified atom stereocenters. The van der Waals surface area contributed by atoms with E-state index in [4.69, 9.17) is 4.74 Å². The number of nitrogens with zero attached hydrogens (tertiary/aromatic N) is 2. The number of aryl methyl sites for hydroxylation is 1. The molecule has 1 aliphatic heterocycles. The molecule has 1 aromatic rings. The van der Waals surface area contributed by atoms with Gasteiger partial charge in [0.15, 0.2) is 0 Å². The molecule has 0 aliphatic carbocycles. The van der Waals surface area contributed by atoms with Crippen molar-refractivity contribution in [2.24, 2.45) is 0 Å². The second kappa shape index (κ2) is 4.37. The van der Waals surface area contributed by atoms with Crippen molar-refractivity contribution in [3.63, 3.8) is 0 Å². The van der Waals surface area contributed by atoms with Crippen LogP contribution in [0.4, 0.5) is 5.82 Å². The lowest BCUT2D eigenvalue weighted by atomic mass is 10.1. The van der Waals surface area contributed by atoms with Gasteiger partial charge < -0.3 is 10.1 Å². The van der Waals surface area contributed by atoms with Gasteiger partial charge in [0, 0.05) is 25.5 Å². The third-order valence-electron chi connectivity index (χ3n) is 2.33. The Morgan fingerprint density at radius 2 is 2.14 bits per heavy atom. The highest BCUT2D eigenvalue weighted by molar-refractivity contribution is 5.32. The summed E-state index contributed by atoms with van der Waals surface area (Å²) in [5.74, 6) is 0.872. The van der Waals surface area contributed by atoms with Gasteiger partial charge in [-0.15, -0.1) is 0 Å². The predicted octanol–water partition coefficient (Wildman–Crippen LogP) is 1.38. The molecule has 14 heavy (non-hydrogen) atoms. The van der Waals surface area contributed by atoms with E-state index in [0.717, 1.165) is 37.6 Å². The summed E-state index contributed by atoms with van der Waals surface area (Å²) in [4.78, 5) is 8.45. The van der Waals surface area contributed by atoms with Crippen LogP contribution in [-0.2, 0) is 4.74 Å². The molecule has 0 bridgehead atoms. The van der Waals surface area contributed by atoms with Gasteiger partial charge in [-0.05, 0) is 19.8 Å². The fourth-order valence-corrected chi connectivity index (χ4v) is 1.58. The highest BCUT2D eigenvalue weighted by atomic mass is 16.5. The molecule has 0 amide bonds. The number of aromatic nitrogens is 2. The van der Waals surface area contributed by atoms with Crippen LogP contribution in [0.3, 0.4) is 0 Å². The lowest BCUT2D eigenvalue weighted by Gasteiger charge is -2.23. The third-order valence-corrected chi connectivity index (χ3v) is 2.33. The summed E-state index contributed by atoms with van der Waals surface area (Å²) >= 11 is 0. The second-order valence-corrected chi connectivity index (χ2v) is 3.58. The number of nitrogens with one attached hydrogen (secondary N) is 1. The van der Waals surface area contributed by atoms with Gasteiger partial charge in [-0.25, -0.2) is 4.98 Å². The molecular weight excluding hydrogens is 178 g/mol. The Labute approximate surface area is 83.7 Å². The molecule has 0 aromatic carbocycles. The molecule has 0 radical (unpaired) electrons. The molecule has 1 aromatic heterocycles. The van der Waals surface area contributed by atoms with Crippen LogP contribution in [0.2, 0.25) is 0 Å². The summed E-state index contributed by atoms with van der Waals surface area (Å²) < 4.78 is 5.29. The van der Waals surface area contributed by atoms with Gasteiger partial charge in [0.05, 0.1) is 11.9 Å². The van der Waals surface area contributed by atoms with Gasteiger partial charge in [0.25, 0.3) is 0 Å². The summed E-state index contributed by atoms with van der Waals surface area (Å²) in [6.45, 7) is 3.63. The predicted molar refractivity (Wildman–Crippen MR) is 54.2 cm³/mol. The van der Waals surface area contributed by atoms with E-state index in [0.29, 0.717) is 6.04 Å². The summed E-state index contributed by atoms with van der Waals surface area (Å²) in [5, 5.41) is 3.37. The molecule has 76 valence electrons. The summed E-state index contributed by atoms with van der Waals surface area (Å²) in [7, 11) is 0. The van der Waals surface area contributed by atoms with Crippen molar-refractivity contribution >= 4 is 5.82 Å². The fraction of sp³-hybridized carbons (Fsp3) is 0.600. The molecule has 0 atom stereocenters. The first kappa shape index (κ1) is 9.40. The Balaban J connectivity index is 1.95. The van der Waals surface area contributed by atoms with Crippen molar-refractivity contribution in [2.75, 3.05) is 18.5 Å². The van der Waals surface area contributed by atoms with Crippen LogP contribution in [0, 0.1) is 6.92 Å². The zero-order valence-electron chi connectivity index (χ0n) is 8.36. The van der Waals surface area contributed by atoms with Crippen LogP contribution in [0.15, 0.2) is 12.4 Å². The van der Waals surface area contributed by atoms with Crippen molar-refractivity contribution < 1.29 is 4.74 Å². The molecule has 4 nitrogen and oxygen atoms in total. The summed E-state index contributed by atoms with van der Waals surface area (Å²) in [5.41, 5.74) is 0.946. The molecule has 0 spiro atoms. The second-order valence-electron chi connectivity index (χ2n) is 3.58. The van der Waals surface area contributed by atoms with Gasteiger partial charge in [0.2, 0.25) is 0 Å². The highest BCUT2D eigenvalue weighted by Crippen LogP contribution is 2.12. The molecule has 1 N–H and O–H groups in total. The van der Waals surface area contributed by atoms with Gasteiger partial charge >= 0.3 is 0 Å². The SMILES string of the molecule is Cc1cncc(NC2CCOCC2)n1. The number of hydrogen-bond acceptors (Lipinski definition) is 4. The lowest BCUT2D eigenvalue weighted by molar-refractivity contribution is 0.0904. The van der Waals surface area contributed by atoms with E-state index in [1.165, 1.54) is 0 Å². The highest BCUT2D eigenvalue weighted by Gasteiger charge is 2.13. The third kappa shape index (κ3) is 2.42. The minimum Gasteiger partial charge on any atom is -0.381 e. The van der Waals surface area contributed by atoms with Gasteiger partial charge in [-0.2, -0.15) is 0 Å². The average molecular weight is 193 g/mol. The molecule has 1 saturated heterocycles. The molecule has 1 aliphatic rings. The van der Waals surface area contributed by atoms with E-state index in [1.54, 1.807) is 12.4 Å². The van der Waals surface area contributed by atoms with Crippen molar-refractivity contribution in [1.82, 2.24) is 9.97 Å². The first-order valence-corrected chi connectivity index (χ1v) is 4.97. The minimum absolute atomic E-state index is 0.486. The zero-order chi connectivity index (χ0) is 9.80. The van der Waals surface area contributed by atoms with Crippen molar-refractivity contribution in [3.05, 3.63) is 18.1 Å². The summed E-state index contributed by atoms with van der Waals surface area (Å²) in [6, 6.07) is 0.486. The van der Waals surface area contributed by atoms with Gasteiger partial charge in [0.1, 0.15) is 5.82 Å². The largest absolute Gasteiger partial charge is 0.381 e. The van der Waals surface area contributed by atoms with Crippen molar-refractivity contribution in [2.45, 2.75) is 25.8 Å². The average Bonchev–Trinajstić information content (AvgIpc) is 2.19. The van der Waals surface area contributed by atoms with Gasteiger partial charge in [-0.3, -0.25) is 4.98 Å². The normalized spacial score (nSPS) is 18.1. The van der Waals surface area contributed by atoms with Crippen LogP contribution >= 0.6 is 0 Å². The van der Waals surface area contributed by atoms with Crippen LogP contribution in [-0.4, -0.2) is 29.2 Å². The first-order chi connectivity index (χ1) is 6.84. The standard InChI is InChI=1S/C10H15N3O/c1-8-6-11-7-10(12-8)13-9-2-4-14-5-3-9/h6-7,9H,2-5H2,1H3,(H,12,13). The molecule has 4 heteroatoms. The maximum atomic E-state index is 5.29. The molecule has 1 fully saturated rings. The minimum atomic E-state index is 0.486. The van der Waals surface area contributed by atoms with Crippen molar-refractivity contribution in [1.29, 1.82) is 0 Å². The zero-order valence-corrected chi connectivity index (χ0v) is 8.36. The van der Waals surface area contributed by atoms with E-state index in [9.17, 15) is 0 Å². The number of ether oxygens (including phenoxy) is 1. The fourth-order valence-electron chi connectivity index (χ4n) is 1.58. The van der Waals surface area contributed by atoms with Crippen LogP contribution in [0.25, 0.3) is 0 Å². The smallest absolute Gasteiger partial charge is 0.145 e. The Kier molecular flexibility index (Phi) is 2.93. The molecule has 2 heterocycles. The van der Waals surface area contributed by atoms with E-state index in [2.05, 4.69) is 15.3 Å². The number of anilines is 1. The van der Waals surface area contributed by atoms with E-state index >= 15 is 0 Å². The summed E-state index contributed by atoms with van der Waals surface area (Å²) in [6.07, 6.45) is 5.63. The van der Waals surface area contributed by atoms with Crippen molar-refractivity contribution in [3.8, 4) is 0 Å². The molecule has 2 rings (SSSR count). The Morgan fingerprint density at radius 3 is 2.86 bits per heavy atom. The quantitative estimate of drug-likeness (QED) is 0.770. The number of hydrogen-bond donors (Lipinski definition) is 1. The topological polar surface area (TPSA) is 47.0 Å². The van der Waals surface area contributed by atoms with Crippen LogP contribution in [0.1, 0.15) is 18.5 Å². The lowest BCUT2D eigenvalue weighted by Crippen LogP contribution is -2.28. The Morgan fingerprint density at radius 1 is 1.36 bits per heavy atom. The monoisotopic (exact) mass is 193 g/mol. The molecule has 0 saturated carbocycles. The first-order valence-electron chi connectivity index (χ1n) is 4.97. The maximum absolute atomic E-state index is 5.29. The van der Waals surface area contributed by atoms with E-state index in [-0.39, 0.29) is 0 Å². The Bertz CT molecular complexity index is 297.